The summed E-state index contributed by atoms with van der Waals surface area (Å²) >= 11 is 11.9. The fourth-order valence-electron chi connectivity index (χ4n) is 1.13. The van der Waals surface area contributed by atoms with Crippen molar-refractivity contribution in [2.75, 3.05) is 13.2 Å². The summed E-state index contributed by atoms with van der Waals surface area (Å²) < 4.78 is 10.4. The predicted octanol–water partition coefficient (Wildman–Crippen LogP) is 2.91. The first-order chi connectivity index (χ1) is 6.77. The fraction of sp³-hybridized carbons (Fsp3) is 0.400. The van der Waals surface area contributed by atoms with Gasteiger partial charge >= 0.3 is 0 Å². The Morgan fingerprint density at radius 2 is 2.00 bits per heavy atom. The second kappa shape index (κ2) is 4.49. The molecule has 1 atom stereocenters. The van der Waals surface area contributed by atoms with Crippen LogP contribution in [0.5, 0.6) is 0 Å². The van der Waals surface area contributed by atoms with E-state index >= 15 is 0 Å². The van der Waals surface area contributed by atoms with Crippen molar-refractivity contribution in [1.82, 2.24) is 0 Å². The second-order valence-corrected chi connectivity index (χ2v) is 3.99. The van der Waals surface area contributed by atoms with Gasteiger partial charge in [-0.25, -0.2) is 0 Å². The summed E-state index contributed by atoms with van der Waals surface area (Å²) in [6.45, 7) is 1.86. The van der Waals surface area contributed by atoms with Crippen LogP contribution in [0.2, 0.25) is 10.0 Å². The van der Waals surface area contributed by atoms with Gasteiger partial charge in [0.05, 0.1) is 19.8 Å². The quantitative estimate of drug-likeness (QED) is 0.746. The van der Waals surface area contributed by atoms with Crippen molar-refractivity contribution in [2.24, 2.45) is 0 Å². The third kappa shape index (κ3) is 2.61. The summed E-state index contributed by atoms with van der Waals surface area (Å²) in [5, 5.41) is 1.29. The highest BCUT2D eigenvalue weighted by molar-refractivity contribution is 6.35. The smallest absolute Gasteiger partial charge is 0.104 e. The average Bonchev–Trinajstić information content (AvgIpc) is 2.94. The van der Waals surface area contributed by atoms with Gasteiger partial charge in [0.2, 0.25) is 0 Å². The number of rotatable bonds is 4. The highest BCUT2D eigenvalue weighted by atomic mass is 35.5. The molecule has 1 fully saturated rings. The Morgan fingerprint density at radius 3 is 2.57 bits per heavy atom. The van der Waals surface area contributed by atoms with Gasteiger partial charge < -0.3 is 9.47 Å². The zero-order valence-electron chi connectivity index (χ0n) is 7.50. The molecular formula is C10H10Cl2O2. The number of benzene rings is 1. The standard InChI is InChI=1S/C10H10Cl2O2/c11-9-2-1-3-10(12)8(9)6-13-4-7-5-14-7/h1-3,7H,4-6H2/t7-/m1/s1. The minimum atomic E-state index is 0.274. The minimum Gasteiger partial charge on any atom is -0.374 e. The lowest BCUT2D eigenvalue weighted by Gasteiger charge is -2.06. The van der Waals surface area contributed by atoms with Crippen molar-refractivity contribution in [3.63, 3.8) is 0 Å². The van der Waals surface area contributed by atoms with Gasteiger partial charge in [-0.05, 0) is 12.1 Å². The van der Waals surface area contributed by atoms with Crippen molar-refractivity contribution in [2.45, 2.75) is 12.7 Å². The third-order valence-corrected chi connectivity index (χ3v) is 2.72. The van der Waals surface area contributed by atoms with Crippen LogP contribution < -0.4 is 0 Å². The molecule has 0 bridgehead atoms. The van der Waals surface area contributed by atoms with Gasteiger partial charge in [0.15, 0.2) is 0 Å². The molecule has 1 aromatic rings. The van der Waals surface area contributed by atoms with E-state index in [1.165, 1.54) is 0 Å². The Hall–Kier alpha value is -0.280. The molecule has 14 heavy (non-hydrogen) atoms. The van der Waals surface area contributed by atoms with E-state index in [4.69, 9.17) is 32.7 Å². The maximum atomic E-state index is 5.96. The van der Waals surface area contributed by atoms with Crippen LogP contribution in [0.15, 0.2) is 18.2 Å². The van der Waals surface area contributed by atoms with Gasteiger partial charge in [0.1, 0.15) is 6.10 Å². The van der Waals surface area contributed by atoms with Crippen LogP contribution in [0.25, 0.3) is 0 Å². The van der Waals surface area contributed by atoms with Gasteiger partial charge in [0, 0.05) is 15.6 Å². The van der Waals surface area contributed by atoms with Crippen molar-refractivity contribution >= 4 is 23.2 Å². The second-order valence-electron chi connectivity index (χ2n) is 3.17. The first-order valence-corrected chi connectivity index (χ1v) is 5.15. The molecule has 0 N–H and O–H groups in total. The van der Waals surface area contributed by atoms with Crippen LogP contribution in [0.3, 0.4) is 0 Å². The zero-order chi connectivity index (χ0) is 9.97. The molecule has 0 aliphatic carbocycles. The Bertz CT molecular complexity index is 304. The topological polar surface area (TPSA) is 21.8 Å². The summed E-state index contributed by atoms with van der Waals surface area (Å²) in [5.41, 5.74) is 0.844. The number of hydrogen-bond acceptors (Lipinski definition) is 2. The van der Waals surface area contributed by atoms with Crippen molar-refractivity contribution < 1.29 is 9.47 Å². The van der Waals surface area contributed by atoms with E-state index < -0.39 is 0 Å². The summed E-state index contributed by atoms with van der Waals surface area (Å²) in [7, 11) is 0. The zero-order valence-corrected chi connectivity index (χ0v) is 9.02. The Balaban J connectivity index is 1.92. The van der Waals surface area contributed by atoms with Crippen LogP contribution in [0.4, 0.5) is 0 Å². The molecule has 0 spiro atoms. The molecule has 1 saturated heterocycles. The predicted molar refractivity (Wildman–Crippen MR) is 55.9 cm³/mol. The molecular weight excluding hydrogens is 223 g/mol. The normalized spacial score (nSPS) is 19.7. The molecule has 0 aromatic heterocycles. The SMILES string of the molecule is Clc1cccc(Cl)c1COC[C@@H]1CO1. The van der Waals surface area contributed by atoms with E-state index in [1.54, 1.807) is 12.1 Å². The monoisotopic (exact) mass is 232 g/mol. The van der Waals surface area contributed by atoms with Gasteiger partial charge in [-0.3, -0.25) is 0 Å². The first kappa shape index (κ1) is 10.2. The molecule has 1 aliphatic heterocycles. The van der Waals surface area contributed by atoms with Crippen molar-refractivity contribution in [3.05, 3.63) is 33.8 Å². The van der Waals surface area contributed by atoms with Crippen molar-refractivity contribution in [1.29, 1.82) is 0 Å². The maximum absolute atomic E-state index is 5.96. The summed E-state index contributed by atoms with van der Waals surface area (Å²) in [5.74, 6) is 0. The number of epoxide rings is 1. The van der Waals surface area contributed by atoms with Gasteiger partial charge in [-0.1, -0.05) is 29.3 Å². The van der Waals surface area contributed by atoms with E-state index in [0.717, 1.165) is 12.2 Å². The van der Waals surface area contributed by atoms with E-state index in [1.807, 2.05) is 6.07 Å². The van der Waals surface area contributed by atoms with Crippen LogP contribution in [0.1, 0.15) is 5.56 Å². The van der Waals surface area contributed by atoms with Gasteiger partial charge in [-0.15, -0.1) is 0 Å². The third-order valence-electron chi connectivity index (χ3n) is 2.01. The average molecular weight is 233 g/mol. The molecule has 0 saturated carbocycles. The number of hydrogen-bond donors (Lipinski definition) is 0. The molecule has 1 aliphatic rings. The van der Waals surface area contributed by atoms with E-state index in [0.29, 0.717) is 23.3 Å². The summed E-state index contributed by atoms with van der Waals surface area (Å²) in [6.07, 6.45) is 0.274. The number of halogens is 2. The summed E-state index contributed by atoms with van der Waals surface area (Å²) in [6, 6.07) is 5.43. The van der Waals surface area contributed by atoms with Crippen LogP contribution in [-0.4, -0.2) is 19.3 Å². The lowest BCUT2D eigenvalue weighted by Crippen LogP contribution is -2.02. The molecule has 2 nitrogen and oxygen atoms in total. The maximum Gasteiger partial charge on any atom is 0.104 e. The molecule has 1 aromatic carbocycles. The van der Waals surface area contributed by atoms with Gasteiger partial charge in [-0.2, -0.15) is 0 Å². The highest BCUT2D eigenvalue weighted by Gasteiger charge is 2.22. The molecule has 0 radical (unpaired) electrons. The van der Waals surface area contributed by atoms with Crippen LogP contribution in [0, 0.1) is 0 Å². The number of ether oxygens (including phenoxy) is 2. The first-order valence-electron chi connectivity index (χ1n) is 4.39. The molecule has 2 rings (SSSR count). The lowest BCUT2D eigenvalue weighted by molar-refractivity contribution is 0.104. The Morgan fingerprint density at radius 1 is 1.36 bits per heavy atom. The van der Waals surface area contributed by atoms with E-state index in [9.17, 15) is 0 Å². The van der Waals surface area contributed by atoms with E-state index in [2.05, 4.69) is 0 Å². The van der Waals surface area contributed by atoms with Crippen LogP contribution in [-0.2, 0) is 16.1 Å². The molecule has 0 unspecified atom stereocenters. The molecule has 4 heteroatoms. The van der Waals surface area contributed by atoms with Crippen LogP contribution >= 0.6 is 23.2 Å². The molecule has 1 heterocycles. The highest BCUT2D eigenvalue weighted by Crippen LogP contribution is 2.25. The Kier molecular flexibility index (Phi) is 3.29. The lowest BCUT2D eigenvalue weighted by atomic mass is 10.2. The Labute approximate surface area is 92.7 Å². The molecule has 0 amide bonds. The minimum absolute atomic E-state index is 0.274. The fourth-order valence-corrected chi connectivity index (χ4v) is 1.63. The van der Waals surface area contributed by atoms with Crippen molar-refractivity contribution in [3.8, 4) is 0 Å². The van der Waals surface area contributed by atoms with E-state index in [-0.39, 0.29) is 6.10 Å². The summed E-state index contributed by atoms with van der Waals surface area (Å²) in [4.78, 5) is 0. The van der Waals surface area contributed by atoms with Gasteiger partial charge in [0.25, 0.3) is 0 Å². The molecule has 76 valence electrons. The largest absolute Gasteiger partial charge is 0.374 e.